The second-order valence-electron chi connectivity index (χ2n) is 9.06. The first-order valence-corrected chi connectivity index (χ1v) is 13.0. The smallest absolute Gasteiger partial charge is 0.351 e. The summed E-state index contributed by atoms with van der Waals surface area (Å²) in [5, 5.41) is 0. The molecule has 10 heteroatoms. The molecule has 0 spiro atoms. The third kappa shape index (κ3) is 10.3. The molecule has 2 aromatic rings. The third-order valence-electron chi connectivity index (χ3n) is 5.80. The van der Waals surface area contributed by atoms with Crippen LogP contribution in [0, 0.1) is 13.8 Å². The number of ether oxygens (including phenoxy) is 5. The zero-order valence-corrected chi connectivity index (χ0v) is 23.1. The molecule has 2 N–H and O–H groups in total. The number of nitrogens with two attached hydrogens (primary N) is 1. The van der Waals surface area contributed by atoms with Crippen LogP contribution >= 0.6 is 11.6 Å². The highest BCUT2D eigenvalue weighted by Crippen LogP contribution is 2.33. The van der Waals surface area contributed by atoms with Crippen molar-refractivity contribution in [2.45, 2.75) is 44.3 Å². The van der Waals surface area contributed by atoms with Gasteiger partial charge in [-0.15, -0.1) is 11.6 Å². The molecule has 0 aliphatic rings. The van der Waals surface area contributed by atoms with Crippen molar-refractivity contribution < 1.29 is 38.1 Å². The first-order valence-electron chi connectivity index (χ1n) is 12.5. The molecule has 0 heterocycles. The van der Waals surface area contributed by atoms with Gasteiger partial charge in [0.1, 0.15) is 37.4 Å². The maximum atomic E-state index is 11.6. The first kappa shape index (κ1) is 31.7. The maximum Gasteiger partial charge on any atom is 0.351 e. The highest BCUT2D eigenvalue weighted by molar-refractivity contribution is 6.18. The summed E-state index contributed by atoms with van der Waals surface area (Å²) in [7, 11) is 0. The van der Waals surface area contributed by atoms with E-state index in [-0.39, 0.29) is 50.5 Å². The van der Waals surface area contributed by atoms with Gasteiger partial charge in [-0.25, -0.2) is 9.59 Å². The Morgan fingerprint density at radius 1 is 0.769 bits per heavy atom. The van der Waals surface area contributed by atoms with Crippen molar-refractivity contribution >= 4 is 29.5 Å². The van der Waals surface area contributed by atoms with Crippen molar-refractivity contribution in [1.29, 1.82) is 0 Å². The Bertz CT molecular complexity index is 1060. The Balaban J connectivity index is 1.99. The summed E-state index contributed by atoms with van der Waals surface area (Å²) in [6.45, 7) is 10.9. The van der Waals surface area contributed by atoms with Crippen LogP contribution in [-0.4, -0.2) is 62.4 Å². The monoisotopic (exact) mass is 561 g/mol. The van der Waals surface area contributed by atoms with Crippen LogP contribution in [-0.2, 0) is 34.0 Å². The molecule has 0 amide bonds. The van der Waals surface area contributed by atoms with Gasteiger partial charge < -0.3 is 29.4 Å². The van der Waals surface area contributed by atoms with E-state index in [2.05, 4.69) is 27.7 Å². The van der Waals surface area contributed by atoms with Gasteiger partial charge in [-0.1, -0.05) is 38.1 Å². The Morgan fingerprint density at radius 3 is 1.62 bits per heavy atom. The molecule has 2 atom stereocenters. The zero-order chi connectivity index (χ0) is 28.8. The number of carbonyl (C=O) groups excluding carboxylic acids is 3. The summed E-state index contributed by atoms with van der Waals surface area (Å²) in [4.78, 5) is 34.4. The van der Waals surface area contributed by atoms with E-state index in [4.69, 9.17) is 41.0 Å². The number of benzene rings is 2. The molecule has 210 valence electrons. The molecule has 0 aliphatic carbocycles. The first-order chi connectivity index (χ1) is 18.6. The summed E-state index contributed by atoms with van der Waals surface area (Å²) < 4.78 is 26.9. The van der Waals surface area contributed by atoms with Gasteiger partial charge in [0, 0.05) is 5.41 Å². The largest absolute Gasteiger partial charge is 0.490 e. The normalized spacial score (nSPS) is 12.6. The Kier molecular flexibility index (Phi) is 12.8. The average molecular weight is 562 g/mol. The lowest BCUT2D eigenvalue weighted by atomic mass is 9.78. The van der Waals surface area contributed by atoms with Gasteiger partial charge in [-0.05, 0) is 35.4 Å². The van der Waals surface area contributed by atoms with Crippen LogP contribution in [0.3, 0.4) is 0 Å². The van der Waals surface area contributed by atoms with Crippen molar-refractivity contribution in [3.63, 3.8) is 0 Å². The molecule has 2 rings (SSSR count). The van der Waals surface area contributed by atoms with Crippen LogP contribution in [0.2, 0.25) is 0 Å². The lowest BCUT2D eigenvalue weighted by Crippen LogP contribution is -2.32. The van der Waals surface area contributed by atoms with E-state index in [1.807, 2.05) is 48.5 Å². The summed E-state index contributed by atoms with van der Waals surface area (Å²) in [6.07, 6.45) is -1.37. The van der Waals surface area contributed by atoms with Crippen molar-refractivity contribution in [2.24, 2.45) is 5.73 Å². The molecule has 0 radical (unpaired) electrons. The number of halogens is 1. The van der Waals surface area contributed by atoms with Crippen LogP contribution in [0.5, 0.6) is 11.5 Å². The molecule has 0 fully saturated rings. The summed E-state index contributed by atoms with van der Waals surface area (Å²) in [6, 6.07) is 15.2. The van der Waals surface area contributed by atoms with Gasteiger partial charge in [-0.3, -0.25) is 4.79 Å². The van der Waals surface area contributed by atoms with E-state index in [9.17, 15) is 14.4 Å². The molecule has 39 heavy (non-hydrogen) atoms. The van der Waals surface area contributed by atoms with Crippen LogP contribution in [0.4, 0.5) is 0 Å². The molecule has 2 unspecified atom stereocenters. The summed E-state index contributed by atoms with van der Waals surface area (Å²) in [5.74, 6) is -0.245. The lowest BCUT2D eigenvalue weighted by molar-refractivity contribution is -0.159. The summed E-state index contributed by atoms with van der Waals surface area (Å²) >= 11 is 5.86. The standard InChI is InChI=1S/C29H36ClNO8/c1-5-26(32)38-24(15-30)17-35-22-11-7-20(8-12-22)29(3,4)21-9-13-23(14-10-21)36-18-25(39-27(33)6-2)19-37-28(34)16-31/h7-14,24-25H,1-2,5-6,15-19,31H2,3-4H3/q+2. The lowest BCUT2D eigenvalue weighted by Gasteiger charge is -2.27. The van der Waals surface area contributed by atoms with Crippen molar-refractivity contribution in [3.8, 4) is 11.5 Å². The number of rotatable bonds is 16. The Hall–Kier alpha value is -3.56. The number of hydrogen-bond donors (Lipinski definition) is 1. The fraction of sp³-hybridized carbons (Fsp3) is 0.414. The average Bonchev–Trinajstić information content (AvgIpc) is 2.96. The Morgan fingerprint density at radius 2 is 1.21 bits per heavy atom. The number of alkyl halides is 1. The maximum absolute atomic E-state index is 11.6. The van der Waals surface area contributed by atoms with Crippen LogP contribution in [0.1, 0.15) is 37.8 Å². The van der Waals surface area contributed by atoms with Crippen LogP contribution < -0.4 is 15.2 Å². The molecule has 0 aliphatic heterocycles. The van der Waals surface area contributed by atoms with E-state index < -0.39 is 30.1 Å². The SMILES string of the molecule is [CH2+]CC(=O)OC(CCl)COc1ccc(C(C)(C)c2ccc(OCC(COC(=O)CN)OC(=O)C[CH2+])cc2)cc1. The fourth-order valence-corrected chi connectivity index (χ4v) is 3.59. The van der Waals surface area contributed by atoms with Crippen molar-refractivity contribution in [2.75, 3.05) is 32.2 Å². The molecule has 0 saturated carbocycles. The second kappa shape index (κ2) is 15.8. The van der Waals surface area contributed by atoms with Gasteiger partial charge in [-0.2, -0.15) is 0 Å². The van der Waals surface area contributed by atoms with E-state index >= 15 is 0 Å². The second-order valence-corrected chi connectivity index (χ2v) is 9.37. The van der Waals surface area contributed by atoms with E-state index in [0.29, 0.717) is 11.5 Å². The topological polar surface area (TPSA) is 123 Å². The molecular formula is C29H36ClNO8+2. The number of hydrogen-bond acceptors (Lipinski definition) is 9. The molecule has 2 aromatic carbocycles. The third-order valence-corrected chi connectivity index (χ3v) is 6.14. The predicted molar refractivity (Wildman–Crippen MR) is 146 cm³/mol. The number of esters is 3. The predicted octanol–water partition coefficient (Wildman–Crippen LogP) is 3.78. The van der Waals surface area contributed by atoms with Crippen LogP contribution in [0.15, 0.2) is 48.5 Å². The highest BCUT2D eigenvalue weighted by Gasteiger charge is 2.24. The zero-order valence-electron chi connectivity index (χ0n) is 22.4. The van der Waals surface area contributed by atoms with E-state index in [1.165, 1.54) is 0 Å². The highest BCUT2D eigenvalue weighted by atomic mass is 35.5. The molecule has 0 bridgehead atoms. The van der Waals surface area contributed by atoms with Gasteiger partial charge in [0.05, 0.1) is 26.3 Å². The molecule has 0 aromatic heterocycles. The summed E-state index contributed by atoms with van der Waals surface area (Å²) in [5.41, 5.74) is 7.02. The minimum Gasteiger partial charge on any atom is -0.490 e. The van der Waals surface area contributed by atoms with Gasteiger partial charge in [0.2, 0.25) is 0 Å². The number of carbonyl (C=O) groups is 3. The van der Waals surface area contributed by atoms with Crippen molar-refractivity contribution in [1.82, 2.24) is 0 Å². The molecular weight excluding hydrogens is 526 g/mol. The van der Waals surface area contributed by atoms with Gasteiger partial charge in [0.15, 0.2) is 18.9 Å². The Labute approximate surface area is 234 Å². The van der Waals surface area contributed by atoms with E-state index in [1.54, 1.807) is 0 Å². The van der Waals surface area contributed by atoms with E-state index in [0.717, 1.165) is 11.1 Å². The van der Waals surface area contributed by atoms with Crippen LogP contribution in [0.25, 0.3) is 0 Å². The quantitative estimate of drug-likeness (QED) is 0.141. The minimum absolute atomic E-state index is 0.00704. The van der Waals surface area contributed by atoms with Gasteiger partial charge in [0.25, 0.3) is 0 Å². The molecule has 9 nitrogen and oxygen atoms in total. The molecule has 0 saturated heterocycles. The van der Waals surface area contributed by atoms with Gasteiger partial charge >= 0.3 is 17.9 Å². The fourth-order valence-electron chi connectivity index (χ4n) is 3.44. The minimum atomic E-state index is -0.790. The van der Waals surface area contributed by atoms with Crippen molar-refractivity contribution in [3.05, 3.63) is 73.5 Å².